The van der Waals surface area contributed by atoms with Crippen LogP contribution in [0.25, 0.3) is 22.2 Å². The van der Waals surface area contributed by atoms with Crippen LogP contribution in [-0.4, -0.2) is 24.1 Å². The lowest BCUT2D eigenvalue weighted by Gasteiger charge is -2.34. The summed E-state index contributed by atoms with van der Waals surface area (Å²) < 4.78 is 0. The lowest BCUT2D eigenvalue weighted by atomic mass is 10.0. The van der Waals surface area contributed by atoms with E-state index in [4.69, 9.17) is 10.8 Å². The number of aromatic nitrogens is 1. The van der Waals surface area contributed by atoms with Gasteiger partial charge in [0.2, 0.25) is 4.91 Å². The molecule has 168 valence electrons. The molecule has 0 unspecified atom stereocenters. The molecule has 7 nitrogen and oxygen atoms in total. The second-order valence-corrected chi connectivity index (χ2v) is 8.66. The highest BCUT2D eigenvalue weighted by molar-refractivity contribution is 5.87. The molecule has 0 spiro atoms. The molecule has 1 saturated heterocycles. The quantitative estimate of drug-likeness (QED) is 0.262. The molecule has 0 radical (unpaired) electrons. The summed E-state index contributed by atoms with van der Waals surface area (Å²) >= 11 is 0. The zero-order chi connectivity index (χ0) is 23.3. The number of hydrogen-bond acceptors (Lipinski definition) is 5. The fourth-order valence-corrected chi connectivity index (χ4v) is 4.62. The van der Waals surface area contributed by atoms with E-state index in [-0.39, 0.29) is 0 Å². The first-order valence-corrected chi connectivity index (χ1v) is 11.5. The number of nitrogens with zero attached hydrogens (tertiary/aromatic N) is 4. The number of piperidine rings is 1. The monoisotopic (exact) mass is 448 g/mol. The zero-order valence-electron chi connectivity index (χ0n) is 18.8. The molecule has 1 aliphatic heterocycles. The third-order valence-corrected chi connectivity index (χ3v) is 6.44. The zero-order valence-corrected chi connectivity index (χ0v) is 18.8. The van der Waals surface area contributed by atoms with E-state index in [1.807, 2.05) is 36.4 Å². The Balaban J connectivity index is 1.22. The minimum Gasteiger partial charge on any atom is -0.371 e. The van der Waals surface area contributed by atoms with E-state index in [9.17, 15) is 0 Å². The van der Waals surface area contributed by atoms with E-state index in [1.54, 1.807) is 0 Å². The normalized spacial score (nSPS) is 14.0. The molecule has 4 aromatic rings. The number of nitrogens with one attached hydrogen (secondary N) is 3. The number of nitriles is 1. The van der Waals surface area contributed by atoms with E-state index in [2.05, 4.69) is 67.7 Å². The summed E-state index contributed by atoms with van der Waals surface area (Å²) in [4.78, 5) is 9.05. The van der Waals surface area contributed by atoms with E-state index in [0.29, 0.717) is 17.3 Å². The topological polar surface area (TPSA) is 105 Å². The maximum Gasteiger partial charge on any atom is 0.220 e. The standard InChI is InChI=1S/C27H26N7/c28-17-19-7-8-26-22(13-19)16-27(31-26)21-4-2-6-25(15-21)34-11-9-23(10-12-34)30-18-20-3-1-5-24(14-20)32-33-29/h1-8,13-16,23,29-31H,9-12,18H2/q+1. The van der Waals surface area contributed by atoms with Crippen LogP contribution in [0.1, 0.15) is 24.0 Å². The Bertz CT molecular complexity index is 1400. The van der Waals surface area contributed by atoms with Gasteiger partial charge in [-0.15, -0.1) is 0 Å². The minimum atomic E-state index is 0.476. The number of hydrogen-bond donors (Lipinski definition) is 3. The summed E-state index contributed by atoms with van der Waals surface area (Å²) in [6.07, 6.45) is 2.17. The first-order chi connectivity index (χ1) is 16.7. The first kappa shape index (κ1) is 21.6. The van der Waals surface area contributed by atoms with Crippen molar-refractivity contribution >= 4 is 22.3 Å². The molecule has 7 heteroatoms. The van der Waals surface area contributed by atoms with Gasteiger partial charge in [-0.25, -0.2) is 0 Å². The van der Waals surface area contributed by atoms with Gasteiger partial charge in [0.05, 0.1) is 11.6 Å². The summed E-state index contributed by atoms with van der Waals surface area (Å²) in [6, 6.07) is 27.0. The lowest BCUT2D eigenvalue weighted by molar-refractivity contribution is 0.414. The predicted molar refractivity (Wildman–Crippen MR) is 134 cm³/mol. The third-order valence-electron chi connectivity index (χ3n) is 6.44. The van der Waals surface area contributed by atoms with E-state index in [0.717, 1.165) is 60.2 Å². The maximum atomic E-state index is 9.16. The molecule has 1 aliphatic rings. The summed E-state index contributed by atoms with van der Waals surface area (Å²) in [5, 5.41) is 17.7. The van der Waals surface area contributed by atoms with Gasteiger partial charge in [-0.05, 0) is 72.5 Å². The van der Waals surface area contributed by atoms with Gasteiger partial charge < -0.3 is 15.2 Å². The summed E-state index contributed by atoms with van der Waals surface area (Å²) in [7, 11) is 0. The van der Waals surface area contributed by atoms with Crippen LogP contribution in [0.3, 0.4) is 0 Å². The second-order valence-electron chi connectivity index (χ2n) is 8.66. The number of fused-ring (bicyclic) bond motifs is 1. The van der Waals surface area contributed by atoms with Gasteiger partial charge in [0.1, 0.15) is 5.53 Å². The molecule has 3 N–H and O–H groups in total. The highest BCUT2D eigenvalue weighted by atomic mass is 15.1. The fourth-order valence-electron chi connectivity index (χ4n) is 4.62. The lowest BCUT2D eigenvalue weighted by Crippen LogP contribution is -2.42. The number of H-pyrrole nitrogens is 1. The van der Waals surface area contributed by atoms with Crippen LogP contribution in [0.4, 0.5) is 11.4 Å². The molecular weight excluding hydrogens is 422 g/mol. The van der Waals surface area contributed by atoms with Crippen molar-refractivity contribution < 1.29 is 0 Å². The van der Waals surface area contributed by atoms with Crippen LogP contribution in [-0.2, 0) is 6.54 Å². The van der Waals surface area contributed by atoms with Crippen molar-refractivity contribution in [2.75, 3.05) is 18.0 Å². The largest absolute Gasteiger partial charge is 0.371 e. The summed E-state index contributed by atoms with van der Waals surface area (Å²) in [5.41, 5.74) is 13.9. The molecular formula is C27H26N7+. The molecule has 5 rings (SSSR count). The van der Waals surface area contributed by atoms with E-state index < -0.39 is 0 Å². The van der Waals surface area contributed by atoms with Gasteiger partial charge in [-0.2, -0.15) is 5.26 Å². The SMILES string of the molecule is N#Cc1ccc2[nH]c(-c3cccc(N4CCC(NCc5cccc(N=[N+]=N)c5)CC4)c3)cc2c1. The van der Waals surface area contributed by atoms with Gasteiger partial charge in [-0.1, -0.05) is 24.3 Å². The maximum absolute atomic E-state index is 9.16. The van der Waals surface area contributed by atoms with Crippen molar-refractivity contribution in [2.45, 2.75) is 25.4 Å². The van der Waals surface area contributed by atoms with E-state index >= 15 is 0 Å². The molecule has 1 aromatic heterocycles. The Hall–Kier alpha value is -4.24. The molecule has 3 aromatic carbocycles. The second kappa shape index (κ2) is 9.72. The van der Waals surface area contributed by atoms with E-state index in [1.165, 1.54) is 5.69 Å². The Morgan fingerprint density at radius 3 is 2.74 bits per heavy atom. The summed E-state index contributed by atoms with van der Waals surface area (Å²) in [5.74, 6) is 0. The summed E-state index contributed by atoms with van der Waals surface area (Å²) in [6.45, 7) is 2.80. The molecule has 0 bridgehead atoms. The predicted octanol–water partition coefficient (Wildman–Crippen LogP) is 5.65. The van der Waals surface area contributed by atoms with Gasteiger partial charge >= 0.3 is 0 Å². The van der Waals surface area contributed by atoms with Gasteiger partial charge in [0.15, 0.2) is 10.8 Å². The molecule has 0 atom stereocenters. The van der Waals surface area contributed by atoms with Crippen LogP contribution in [0, 0.1) is 16.9 Å². The minimum absolute atomic E-state index is 0.476. The molecule has 0 saturated carbocycles. The Labute approximate surface area is 198 Å². The third kappa shape index (κ3) is 4.74. The van der Waals surface area contributed by atoms with Crippen LogP contribution in [0.2, 0.25) is 0 Å². The van der Waals surface area contributed by atoms with Crippen LogP contribution in [0.15, 0.2) is 77.9 Å². The van der Waals surface area contributed by atoms with Crippen molar-refractivity contribution in [1.82, 2.24) is 15.2 Å². The molecule has 1 fully saturated rings. The average molecular weight is 449 g/mol. The van der Waals surface area contributed by atoms with Gasteiger partial charge in [-0.3, -0.25) is 0 Å². The van der Waals surface area contributed by atoms with Crippen molar-refractivity contribution in [1.29, 1.82) is 10.8 Å². The van der Waals surface area contributed by atoms with Crippen LogP contribution >= 0.6 is 0 Å². The molecule has 0 amide bonds. The van der Waals surface area contributed by atoms with Gasteiger partial charge in [0, 0.05) is 48.0 Å². The number of anilines is 1. The van der Waals surface area contributed by atoms with Crippen molar-refractivity contribution in [3.63, 3.8) is 0 Å². The Morgan fingerprint density at radius 1 is 1.06 bits per heavy atom. The van der Waals surface area contributed by atoms with Crippen LogP contribution in [0.5, 0.6) is 0 Å². The first-order valence-electron chi connectivity index (χ1n) is 11.5. The van der Waals surface area contributed by atoms with Crippen molar-refractivity contribution in [2.24, 2.45) is 5.11 Å². The van der Waals surface area contributed by atoms with Gasteiger partial charge in [0.25, 0.3) is 0 Å². The number of rotatable bonds is 6. The molecule has 2 heterocycles. The van der Waals surface area contributed by atoms with Crippen LogP contribution < -0.4 is 15.1 Å². The average Bonchev–Trinajstić information content (AvgIpc) is 3.32. The highest BCUT2D eigenvalue weighted by Crippen LogP contribution is 2.29. The van der Waals surface area contributed by atoms with Crippen molar-refractivity contribution in [3.8, 4) is 17.3 Å². The number of aromatic amines is 1. The Kier molecular flexibility index (Phi) is 6.17. The fraction of sp³-hybridized carbons (Fsp3) is 0.222. The molecule has 0 aliphatic carbocycles. The Morgan fingerprint density at radius 2 is 1.91 bits per heavy atom. The smallest absolute Gasteiger partial charge is 0.220 e. The number of benzene rings is 3. The molecule has 34 heavy (non-hydrogen) atoms. The highest BCUT2D eigenvalue weighted by Gasteiger charge is 2.19. The van der Waals surface area contributed by atoms with Crippen molar-refractivity contribution in [3.05, 3.63) is 83.9 Å².